The minimum Gasteiger partial charge on any atom is -0.422 e. The second kappa shape index (κ2) is 9.43. The first-order valence-corrected chi connectivity index (χ1v) is 9.46. The maximum absolute atomic E-state index is 11.9. The van der Waals surface area contributed by atoms with E-state index in [9.17, 15) is 14.4 Å². The highest BCUT2D eigenvalue weighted by Crippen LogP contribution is 2.16. The van der Waals surface area contributed by atoms with Crippen molar-refractivity contribution in [2.24, 2.45) is 5.10 Å². The molecule has 2 amide bonds. The molecule has 0 spiro atoms. The molecule has 2 aromatic carbocycles. The summed E-state index contributed by atoms with van der Waals surface area (Å²) in [6.45, 7) is 1.92. The molecule has 0 fully saturated rings. The summed E-state index contributed by atoms with van der Waals surface area (Å²) in [5.41, 5.74) is 4.38. The van der Waals surface area contributed by atoms with Crippen molar-refractivity contribution in [2.45, 2.75) is 6.92 Å². The lowest BCUT2D eigenvalue weighted by Crippen LogP contribution is -2.32. The van der Waals surface area contributed by atoms with E-state index < -0.39 is 17.8 Å². The Morgan fingerprint density at radius 3 is 2.34 bits per heavy atom. The zero-order chi connectivity index (χ0) is 20.6. The highest BCUT2D eigenvalue weighted by Gasteiger charge is 2.12. The summed E-state index contributed by atoms with van der Waals surface area (Å²) in [6, 6.07) is 17.1. The topological polar surface area (TPSA) is 96.9 Å². The summed E-state index contributed by atoms with van der Waals surface area (Å²) < 4.78 is 5.26. The number of nitrogens with zero attached hydrogens (tertiary/aromatic N) is 1. The van der Waals surface area contributed by atoms with Crippen molar-refractivity contribution in [3.63, 3.8) is 0 Å². The molecule has 7 nitrogen and oxygen atoms in total. The normalized spacial score (nSPS) is 10.5. The van der Waals surface area contributed by atoms with Gasteiger partial charge in [-0.05, 0) is 60.3 Å². The Bertz CT molecular complexity index is 1030. The molecule has 3 aromatic rings. The molecule has 2 N–H and O–H groups in total. The van der Waals surface area contributed by atoms with E-state index >= 15 is 0 Å². The van der Waals surface area contributed by atoms with Crippen LogP contribution in [-0.2, 0) is 9.59 Å². The number of hydrogen-bond donors (Lipinski definition) is 2. The number of hydrazone groups is 1. The molecule has 3 rings (SSSR count). The van der Waals surface area contributed by atoms with E-state index in [0.29, 0.717) is 21.9 Å². The molecule has 0 radical (unpaired) electrons. The van der Waals surface area contributed by atoms with Crippen LogP contribution in [0.4, 0.5) is 5.69 Å². The molecule has 1 heterocycles. The average Bonchev–Trinajstić information content (AvgIpc) is 3.26. The standard InChI is InChI=1S/C21H17N3O4S/c1-14-4-8-16(9-5-14)23-19(25)20(26)24-22-13-15-6-10-17(11-7-15)28-21(27)18-3-2-12-29-18/h2-13H,1H3,(H,23,25)(H,24,26)/b22-13+. The van der Waals surface area contributed by atoms with Crippen LogP contribution in [-0.4, -0.2) is 24.0 Å². The Hall–Kier alpha value is -3.78. The number of amides is 2. The van der Waals surface area contributed by atoms with Crippen molar-refractivity contribution in [3.8, 4) is 5.75 Å². The molecular formula is C21H17N3O4S. The molecule has 0 saturated heterocycles. The van der Waals surface area contributed by atoms with E-state index in [1.165, 1.54) is 17.6 Å². The third kappa shape index (κ3) is 5.85. The van der Waals surface area contributed by atoms with Gasteiger partial charge >= 0.3 is 17.8 Å². The highest BCUT2D eigenvalue weighted by atomic mass is 32.1. The number of carbonyl (C=O) groups is 3. The predicted molar refractivity (Wildman–Crippen MR) is 111 cm³/mol. The van der Waals surface area contributed by atoms with E-state index in [-0.39, 0.29) is 0 Å². The summed E-state index contributed by atoms with van der Waals surface area (Å²) in [4.78, 5) is 36.0. The van der Waals surface area contributed by atoms with Crippen molar-refractivity contribution >= 4 is 41.0 Å². The minimum atomic E-state index is -0.886. The molecule has 146 valence electrons. The summed E-state index contributed by atoms with van der Waals surface area (Å²) >= 11 is 1.30. The Balaban J connectivity index is 1.49. The number of rotatable bonds is 5. The molecule has 0 bridgehead atoms. The summed E-state index contributed by atoms with van der Waals surface area (Å²) in [5.74, 6) is -1.74. The number of benzene rings is 2. The Morgan fingerprint density at radius 2 is 1.69 bits per heavy atom. The molecule has 0 aliphatic carbocycles. The molecule has 29 heavy (non-hydrogen) atoms. The molecule has 0 aliphatic rings. The second-order valence-corrected chi connectivity index (χ2v) is 6.90. The summed E-state index contributed by atoms with van der Waals surface area (Å²) in [7, 11) is 0. The van der Waals surface area contributed by atoms with Crippen LogP contribution in [0.5, 0.6) is 5.75 Å². The van der Waals surface area contributed by atoms with Crippen molar-refractivity contribution in [3.05, 3.63) is 82.0 Å². The smallest absolute Gasteiger partial charge is 0.353 e. The molecule has 0 unspecified atom stereocenters. The predicted octanol–water partition coefficient (Wildman–Crippen LogP) is 3.36. The van der Waals surface area contributed by atoms with E-state index in [0.717, 1.165) is 5.56 Å². The number of ether oxygens (including phenoxy) is 1. The van der Waals surface area contributed by atoms with Crippen LogP contribution in [0.1, 0.15) is 20.8 Å². The summed E-state index contributed by atoms with van der Waals surface area (Å²) in [6.07, 6.45) is 1.38. The van der Waals surface area contributed by atoms with E-state index in [2.05, 4.69) is 15.8 Å². The van der Waals surface area contributed by atoms with Crippen LogP contribution in [0, 0.1) is 6.92 Å². The number of aryl methyl sites for hydroxylation is 1. The largest absolute Gasteiger partial charge is 0.422 e. The van der Waals surface area contributed by atoms with Gasteiger partial charge in [-0.1, -0.05) is 23.8 Å². The third-order valence-electron chi connectivity index (χ3n) is 3.71. The van der Waals surface area contributed by atoms with Crippen LogP contribution in [0.15, 0.2) is 71.1 Å². The first-order chi connectivity index (χ1) is 14.0. The van der Waals surface area contributed by atoms with Gasteiger partial charge in [0.15, 0.2) is 0 Å². The first-order valence-electron chi connectivity index (χ1n) is 8.58. The van der Waals surface area contributed by atoms with Gasteiger partial charge in [0.2, 0.25) is 0 Å². The van der Waals surface area contributed by atoms with Gasteiger partial charge in [0.05, 0.1) is 6.21 Å². The van der Waals surface area contributed by atoms with Gasteiger partial charge in [0.25, 0.3) is 0 Å². The van der Waals surface area contributed by atoms with Gasteiger partial charge in [-0.25, -0.2) is 10.2 Å². The maximum Gasteiger partial charge on any atom is 0.353 e. The molecule has 8 heteroatoms. The zero-order valence-electron chi connectivity index (χ0n) is 15.4. The quantitative estimate of drug-likeness (QED) is 0.223. The fourth-order valence-corrected chi connectivity index (χ4v) is 2.81. The Kier molecular flexibility index (Phi) is 6.49. The molecule has 0 aliphatic heterocycles. The number of nitrogens with one attached hydrogen (secondary N) is 2. The average molecular weight is 407 g/mol. The number of anilines is 1. The van der Waals surface area contributed by atoms with Gasteiger partial charge in [0, 0.05) is 5.69 Å². The molecule has 1 aromatic heterocycles. The fourth-order valence-electron chi connectivity index (χ4n) is 2.21. The molecular weight excluding hydrogens is 390 g/mol. The van der Waals surface area contributed by atoms with Gasteiger partial charge in [0.1, 0.15) is 10.6 Å². The fraction of sp³-hybridized carbons (Fsp3) is 0.0476. The number of thiophene rings is 1. The minimum absolute atomic E-state index is 0.391. The number of hydrogen-bond acceptors (Lipinski definition) is 6. The monoisotopic (exact) mass is 407 g/mol. The Morgan fingerprint density at radius 1 is 0.966 bits per heavy atom. The number of esters is 1. The van der Waals surface area contributed by atoms with Crippen molar-refractivity contribution < 1.29 is 19.1 Å². The van der Waals surface area contributed by atoms with Gasteiger partial charge in [-0.2, -0.15) is 5.10 Å². The van der Waals surface area contributed by atoms with Gasteiger partial charge in [-0.3, -0.25) is 9.59 Å². The lowest BCUT2D eigenvalue weighted by atomic mass is 10.2. The van der Waals surface area contributed by atoms with Crippen LogP contribution in [0.2, 0.25) is 0 Å². The van der Waals surface area contributed by atoms with Gasteiger partial charge in [-0.15, -0.1) is 11.3 Å². The highest BCUT2D eigenvalue weighted by molar-refractivity contribution is 7.12. The molecule has 0 atom stereocenters. The van der Waals surface area contributed by atoms with Crippen LogP contribution in [0.25, 0.3) is 0 Å². The van der Waals surface area contributed by atoms with Crippen molar-refractivity contribution in [2.75, 3.05) is 5.32 Å². The SMILES string of the molecule is Cc1ccc(NC(=O)C(=O)N/N=C/c2ccc(OC(=O)c3cccs3)cc2)cc1. The lowest BCUT2D eigenvalue weighted by Gasteiger charge is -2.04. The number of carbonyl (C=O) groups excluding carboxylic acids is 3. The Labute approximate surface area is 171 Å². The van der Waals surface area contributed by atoms with Crippen LogP contribution in [0.3, 0.4) is 0 Å². The first kappa shape index (κ1) is 20.0. The van der Waals surface area contributed by atoms with E-state index in [1.54, 1.807) is 53.9 Å². The zero-order valence-corrected chi connectivity index (χ0v) is 16.2. The molecule has 0 saturated carbocycles. The maximum atomic E-state index is 11.9. The lowest BCUT2D eigenvalue weighted by molar-refractivity contribution is -0.136. The third-order valence-corrected chi connectivity index (χ3v) is 4.56. The van der Waals surface area contributed by atoms with Crippen molar-refractivity contribution in [1.82, 2.24) is 5.43 Å². The van der Waals surface area contributed by atoms with Crippen LogP contribution >= 0.6 is 11.3 Å². The van der Waals surface area contributed by atoms with Crippen molar-refractivity contribution in [1.29, 1.82) is 0 Å². The second-order valence-electron chi connectivity index (χ2n) is 5.96. The van der Waals surface area contributed by atoms with Gasteiger partial charge < -0.3 is 10.1 Å². The van der Waals surface area contributed by atoms with E-state index in [4.69, 9.17) is 4.74 Å². The summed E-state index contributed by atoms with van der Waals surface area (Å²) in [5, 5.41) is 8.04. The van der Waals surface area contributed by atoms with E-state index in [1.807, 2.05) is 19.1 Å². The van der Waals surface area contributed by atoms with Crippen LogP contribution < -0.4 is 15.5 Å².